The predicted octanol–water partition coefficient (Wildman–Crippen LogP) is 2.27. The van der Waals surface area contributed by atoms with E-state index in [-0.39, 0.29) is 18.5 Å². The first kappa shape index (κ1) is 15.3. The second-order valence-electron chi connectivity index (χ2n) is 4.79. The molecular formula is C14H22N2O3. The van der Waals surface area contributed by atoms with Gasteiger partial charge >= 0.3 is 5.97 Å². The van der Waals surface area contributed by atoms with E-state index in [0.717, 1.165) is 25.7 Å². The molecule has 2 N–H and O–H groups in total. The molecule has 0 aliphatic rings. The Labute approximate surface area is 113 Å². The zero-order chi connectivity index (χ0) is 14.3. The van der Waals surface area contributed by atoms with Crippen molar-refractivity contribution < 1.29 is 14.7 Å². The second-order valence-corrected chi connectivity index (χ2v) is 4.79. The summed E-state index contributed by atoms with van der Waals surface area (Å²) in [5.74, 6) is -1.17. The Bertz CT molecular complexity index is 426. The van der Waals surface area contributed by atoms with Crippen LogP contribution in [0, 0.1) is 0 Å². The zero-order valence-corrected chi connectivity index (χ0v) is 11.6. The van der Waals surface area contributed by atoms with E-state index in [1.807, 2.05) is 6.92 Å². The van der Waals surface area contributed by atoms with Gasteiger partial charge in [-0.25, -0.2) is 0 Å². The van der Waals surface area contributed by atoms with Crippen molar-refractivity contribution in [3.63, 3.8) is 0 Å². The molecule has 1 rings (SSSR count). The number of rotatable bonds is 8. The van der Waals surface area contributed by atoms with Crippen LogP contribution < -0.4 is 5.32 Å². The highest BCUT2D eigenvalue weighted by Gasteiger charge is 2.14. The van der Waals surface area contributed by atoms with Gasteiger partial charge in [-0.1, -0.05) is 26.2 Å². The Balaban J connectivity index is 2.53. The number of amides is 1. The lowest BCUT2D eigenvalue weighted by Gasteiger charge is -2.14. The van der Waals surface area contributed by atoms with Gasteiger partial charge in [0.2, 0.25) is 0 Å². The number of hydrogen-bond acceptors (Lipinski definition) is 2. The maximum atomic E-state index is 12.0. The molecule has 0 radical (unpaired) electrons. The van der Waals surface area contributed by atoms with E-state index < -0.39 is 5.97 Å². The molecule has 0 aliphatic heterocycles. The van der Waals surface area contributed by atoms with Gasteiger partial charge in [-0.15, -0.1) is 0 Å². The lowest BCUT2D eigenvalue weighted by atomic mass is 10.1. The van der Waals surface area contributed by atoms with Crippen LogP contribution in [0.4, 0.5) is 0 Å². The highest BCUT2D eigenvalue weighted by Crippen LogP contribution is 2.06. The van der Waals surface area contributed by atoms with Crippen molar-refractivity contribution in [1.82, 2.24) is 9.88 Å². The van der Waals surface area contributed by atoms with Crippen molar-refractivity contribution in [2.24, 2.45) is 0 Å². The topological polar surface area (TPSA) is 71.3 Å². The minimum Gasteiger partial charge on any atom is -0.480 e. The van der Waals surface area contributed by atoms with E-state index in [9.17, 15) is 9.59 Å². The third-order valence-corrected chi connectivity index (χ3v) is 2.99. The molecule has 19 heavy (non-hydrogen) atoms. The summed E-state index contributed by atoms with van der Waals surface area (Å²) in [4.78, 5) is 22.7. The minimum absolute atomic E-state index is 0.104. The van der Waals surface area contributed by atoms with Gasteiger partial charge in [0, 0.05) is 12.2 Å². The van der Waals surface area contributed by atoms with Crippen LogP contribution >= 0.6 is 0 Å². The lowest BCUT2D eigenvalue weighted by molar-refractivity contribution is -0.137. The smallest absolute Gasteiger partial charge is 0.323 e. The molecule has 0 saturated carbocycles. The van der Waals surface area contributed by atoms with Crippen molar-refractivity contribution in [3.8, 4) is 0 Å². The van der Waals surface area contributed by atoms with Crippen molar-refractivity contribution in [3.05, 3.63) is 24.0 Å². The van der Waals surface area contributed by atoms with Crippen molar-refractivity contribution >= 4 is 11.9 Å². The lowest BCUT2D eigenvalue weighted by Crippen LogP contribution is -2.34. The summed E-state index contributed by atoms with van der Waals surface area (Å²) in [7, 11) is 0. The number of carbonyl (C=O) groups excluding carboxylic acids is 1. The number of nitrogens with one attached hydrogen (secondary N) is 1. The third kappa shape index (κ3) is 5.16. The number of carbonyl (C=O) groups is 2. The average molecular weight is 266 g/mol. The summed E-state index contributed by atoms with van der Waals surface area (Å²) in [6.45, 7) is 3.92. The van der Waals surface area contributed by atoms with Crippen LogP contribution in [0.5, 0.6) is 0 Å². The molecule has 0 aliphatic carbocycles. The highest BCUT2D eigenvalue weighted by atomic mass is 16.4. The fraction of sp³-hybridized carbons (Fsp3) is 0.571. The number of aromatic nitrogens is 1. The Morgan fingerprint density at radius 3 is 2.79 bits per heavy atom. The summed E-state index contributed by atoms with van der Waals surface area (Å²) in [5, 5.41) is 11.7. The van der Waals surface area contributed by atoms with E-state index in [1.165, 1.54) is 4.57 Å². The molecule has 1 heterocycles. The molecule has 0 fully saturated rings. The molecule has 106 valence electrons. The molecular weight excluding hydrogens is 244 g/mol. The normalized spacial score (nSPS) is 12.1. The third-order valence-electron chi connectivity index (χ3n) is 2.99. The van der Waals surface area contributed by atoms with Crippen molar-refractivity contribution in [1.29, 1.82) is 0 Å². The molecule has 0 bridgehead atoms. The molecule has 1 amide bonds. The predicted molar refractivity (Wildman–Crippen MR) is 73.1 cm³/mol. The maximum absolute atomic E-state index is 12.0. The van der Waals surface area contributed by atoms with Crippen molar-refractivity contribution in [2.75, 3.05) is 0 Å². The molecule has 1 aromatic rings. The first-order chi connectivity index (χ1) is 9.04. The van der Waals surface area contributed by atoms with Gasteiger partial charge < -0.3 is 15.0 Å². The number of aliphatic carboxylic acids is 1. The van der Waals surface area contributed by atoms with Crippen LogP contribution in [0.25, 0.3) is 0 Å². The standard InChI is InChI=1S/C14H22N2O3/c1-3-4-5-7-11(2)15-14(19)12-8-6-9-16(12)10-13(17)18/h6,8-9,11H,3-5,7,10H2,1-2H3,(H,15,19)(H,17,18). The molecule has 1 atom stereocenters. The minimum atomic E-state index is -0.957. The summed E-state index contributed by atoms with van der Waals surface area (Å²) >= 11 is 0. The molecule has 0 aromatic carbocycles. The van der Waals surface area contributed by atoms with E-state index in [0.29, 0.717) is 5.69 Å². The van der Waals surface area contributed by atoms with Crippen LogP contribution in [0.2, 0.25) is 0 Å². The second kappa shape index (κ2) is 7.61. The van der Waals surface area contributed by atoms with E-state index in [2.05, 4.69) is 12.2 Å². The van der Waals surface area contributed by atoms with Gasteiger partial charge in [0.15, 0.2) is 0 Å². The molecule has 1 unspecified atom stereocenters. The Morgan fingerprint density at radius 1 is 1.42 bits per heavy atom. The molecule has 0 saturated heterocycles. The van der Waals surface area contributed by atoms with Crippen LogP contribution in [-0.4, -0.2) is 27.6 Å². The number of unbranched alkanes of at least 4 members (excludes halogenated alkanes) is 2. The number of carboxylic acid groups (broad SMARTS) is 1. The number of nitrogens with zero attached hydrogens (tertiary/aromatic N) is 1. The molecule has 5 heteroatoms. The highest BCUT2D eigenvalue weighted by molar-refractivity contribution is 5.93. The first-order valence-electron chi connectivity index (χ1n) is 6.72. The van der Waals surface area contributed by atoms with E-state index in [4.69, 9.17) is 5.11 Å². The zero-order valence-electron chi connectivity index (χ0n) is 11.6. The van der Waals surface area contributed by atoms with Crippen LogP contribution in [0.15, 0.2) is 18.3 Å². The van der Waals surface area contributed by atoms with Crippen LogP contribution in [-0.2, 0) is 11.3 Å². The monoisotopic (exact) mass is 266 g/mol. The van der Waals surface area contributed by atoms with Gasteiger partial charge in [0.05, 0.1) is 0 Å². The van der Waals surface area contributed by atoms with Crippen LogP contribution in [0.1, 0.15) is 50.0 Å². The van der Waals surface area contributed by atoms with Gasteiger partial charge in [-0.3, -0.25) is 9.59 Å². The summed E-state index contributed by atoms with van der Waals surface area (Å²) in [5.41, 5.74) is 0.393. The maximum Gasteiger partial charge on any atom is 0.323 e. The molecule has 0 spiro atoms. The molecule has 1 aromatic heterocycles. The fourth-order valence-corrected chi connectivity index (χ4v) is 1.97. The van der Waals surface area contributed by atoms with E-state index >= 15 is 0 Å². The quantitative estimate of drug-likeness (QED) is 0.709. The average Bonchev–Trinajstić information content (AvgIpc) is 2.76. The summed E-state index contributed by atoms with van der Waals surface area (Å²) < 4.78 is 1.44. The number of hydrogen-bond donors (Lipinski definition) is 2. The largest absolute Gasteiger partial charge is 0.480 e. The number of carboxylic acids is 1. The Morgan fingerprint density at radius 2 is 2.16 bits per heavy atom. The molecule has 5 nitrogen and oxygen atoms in total. The van der Waals surface area contributed by atoms with Crippen LogP contribution in [0.3, 0.4) is 0 Å². The summed E-state index contributed by atoms with van der Waals surface area (Å²) in [6, 6.07) is 3.42. The summed E-state index contributed by atoms with van der Waals surface area (Å²) in [6.07, 6.45) is 5.95. The SMILES string of the molecule is CCCCCC(C)NC(=O)c1cccn1CC(=O)O. The van der Waals surface area contributed by atoms with Gasteiger partial charge in [-0.2, -0.15) is 0 Å². The van der Waals surface area contributed by atoms with Gasteiger partial charge in [0.25, 0.3) is 5.91 Å². The van der Waals surface area contributed by atoms with Gasteiger partial charge in [-0.05, 0) is 25.5 Å². The fourth-order valence-electron chi connectivity index (χ4n) is 1.97. The van der Waals surface area contributed by atoms with Crippen molar-refractivity contribution in [2.45, 2.75) is 52.1 Å². The van der Waals surface area contributed by atoms with Gasteiger partial charge in [0.1, 0.15) is 12.2 Å². The Hall–Kier alpha value is -1.78. The van der Waals surface area contributed by atoms with E-state index in [1.54, 1.807) is 18.3 Å². The first-order valence-corrected chi connectivity index (χ1v) is 6.72. The Kier molecular flexibility index (Phi) is 6.12.